The zero-order valence-electron chi connectivity index (χ0n) is 10.6. The third-order valence-electron chi connectivity index (χ3n) is 3.50. The molecule has 2 aromatic rings. The molecule has 1 aromatic carbocycles. The molecule has 1 aliphatic heterocycles. The van der Waals surface area contributed by atoms with Crippen molar-refractivity contribution in [2.24, 2.45) is 0 Å². The van der Waals surface area contributed by atoms with Crippen molar-refractivity contribution in [3.8, 4) is 0 Å². The number of anilines is 1. The van der Waals surface area contributed by atoms with Crippen LogP contribution in [0.1, 0.15) is 36.0 Å². The summed E-state index contributed by atoms with van der Waals surface area (Å²) in [7, 11) is 0. The van der Waals surface area contributed by atoms with Gasteiger partial charge in [0.15, 0.2) is 5.58 Å². The highest BCUT2D eigenvalue weighted by Gasteiger charge is 2.16. The van der Waals surface area contributed by atoms with E-state index in [0.29, 0.717) is 17.1 Å². The summed E-state index contributed by atoms with van der Waals surface area (Å²) in [5.41, 5.74) is 1.48. The van der Waals surface area contributed by atoms with Gasteiger partial charge in [0.25, 0.3) is 6.01 Å². The van der Waals surface area contributed by atoms with Gasteiger partial charge in [0.05, 0.1) is 5.56 Å². The molecular formula is C14H16N2O3. The molecule has 3 rings (SSSR count). The third kappa shape index (κ3) is 2.41. The SMILES string of the molecule is O=C(O)c1ccc2nc(N3CCCCCC3)oc2c1. The van der Waals surface area contributed by atoms with Crippen LogP contribution in [0.25, 0.3) is 11.1 Å². The Kier molecular flexibility index (Phi) is 3.11. The number of aromatic nitrogens is 1. The second-order valence-electron chi connectivity index (χ2n) is 4.89. The predicted octanol–water partition coefficient (Wildman–Crippen LogP) is 2.91. The van der Waals surface area contributed by atoms with Gasteiger partial charge in [-0.05, 0) is 31.0 Å². The largest absolute Gasteiger partial charge is 0.478 e. The summed E-state index contributed by atoms with van der Waals surface area (Å²) in [6, 6.07) is 5.40. The molecule has 0 unspecified atom stereocenters. The minimum absolute atomic E-state index is 0.228. The van der Waals surface area contributed by atoms with Gasteiger partial charge in [0, 0.05) is 13.1 Å². The fourth-order valence-corrected chi connectivity index (χ4v) is 2.44. The zero-order valence-corrected chi connectivity index (χ0v) is 10.6. The molecule has 2 heterocycles. The van der Waals surface area contributed by atoms with Crippen molar-refractivity contribution in [1.82, 2.24) is 4.98 Å². The first-order valence-electron chi connectivity index (χ1n) is 6.63. The van der Waals surface area contributed by atoms with E-state index in [1.54, 1.807) is 12.1 Å². The average molecular weight is 260 g/mol. The number of hydrogen-bond donors (Lipinski definition) is 1. The van der Waals surface area contributed by atoms with Crippen LogP contribution in [0.3, 0.4) is 0 Å². The van der Waals surface area contributed by atoms with Crippen LogP contribution in [0.4, 0.5) is 6.01 Å². The van der Waals surface area contributed by atoms with E-state index < -0.39 is 5.97 Å². The van der Waals surface area contributed by atoms with Crippen molar-refractivity contribution in [3.63, 3.8) is 0 Å². The number of carbonyl (C=O) groups is 1. The summed E-state index contributed by atoms with van der Waals surface area (Å²) in [5.74, 6) is -0.949. The lowest BCUT2D eigenvalue weighted by molar-refractivity contribution is 0.0697. The number of carboxylic acids is 1. The average Bonchev–Trinajstić information content (AvgIpc) is 2.64. The van der Waals surface area contributed by atoms with E-state index in [2.05, 4.69) is 9.88 Å². The van der Waals surface area contributed by atoms with Crippen molar-refractivity contribution < 1.29 is 14.3 Å². The van der Waals surface area contributed by atoms with Crippen molar-refractivity contribution in [2.75, 3.05) is 18.0 Å². The fourth-order valence-electron chi connectivity index (χ4n) is 2.44. The van der Waals surface area contributed by atoms with E-state index in [4.69, 9.17) is 9.52 Å². The van der Waals surface area contributed by atoms with E-state index in [-0.39, 0.29) is 5.56 Å². The third-order valence-corrected chi connectivity index (χ3v) is 3.50. The Hall–Kier alpha value is -2.04. The highest BCUT2D eigenvalue weighted by Crippen LogP contribution is 2.25. The maximum Gasteiger partial charge on any atom is 0.335 e. The Morgan fingerprint density at radius 3 is 2.63 bits per heavy atom. The zero-order chi connectivity index (χ0) is 13.2. The maximum atomic E-state index is 10.9. The normalized spacial score (nSPS) is 16.5. The van der Waals surface area contributed by atoms with Gasteiger partial charge in [-0.15, -0.1) is 0 Å². The Bertz CT molecular complexity index is 598. The first kappa shape index (κ1) is 12.0. The van der Waals surface area contributed by atoms with Gasteiger partial charge < -0.3 is 14.4 Å². The molecule has 5 nitrogen and oxygen atoms in total. The van der Waals surface area contributed by atoms with E-state index in [1.807, 2.05) is 0 Å². The molecule has 0 aliphatic carbocycles. The van der Waals surface area contributed by atoms with Crippen LogP contribution in [0.5, 0.6) is 0 Å². The lowest BCUT2D eigenvalue weighted by atomic mass is 10.2. The maximum absolute atomic E-state index is 10.9. The Morgan fingerprint density at radius 1 is 1.21 bits per heavy atom. The quantitative estimate of drug-likeness (QED) is 0.899. The lowest BCUT2D eigenvalue weighted by Gasteiger charge is -2.16. The number of fused-ring (bicyclic) bond motifs is 1. The Labute approximate surface area is 110 Å². The number of aromatic carboxylic acids is 1. The number of hydrogen-bond acceptors (Lipinski definition) is 4. The summed E-state index contributed by atoms with van der Waals surface area (Å²) < 4.78 is 5.71. The molecule has 0 spiro atoms. The van der Waals surface area contributed by atoms with Crippen molar-refractivity contribution in [3.05, 3.63) is 23.8 Å². The van der Waals surface area contributed by atoms with Crippen LogP contribution < -0.4 is 4.90 Å². The summed E-state index contributed by atoms with van der Waals surface area (Å²) >= 11 is 0. The van der Waals surface area contributed by atoms with Crippen LogP contribution in [-0.4, -0.2) is 29.1 Å². The number of rotatable bonds is 2. The Morgan fingerprint density at radius 2 is 1.95 bits per heavy atom. The molecule has 0 radical (unpaired) electrons. The van der Waals surface area contributed by atoms with Gasteiger partial charge in [-0.1, -0.05) is 12.8 Å². The molecule has 1 fully saturated rings. The van der Waals surface area contributed by atoms with Crippen LogP contribution in [0.15, 0.2) is 22.6 Å². The van der Waals surface area contributed by atoms with Gasteiger partial charge in [-0.2, -0.15) is 4.98 Å². The molecule has 5 heteroatoms. The second kappa shape index (κ2) is 4.91. The molecule has 0 atom stereocenters. The number of benzene rings is 1. The van der Waals surface area contributed by atoms with Crippen LogP contribution in [0, 0.1) is 0 Å². The van der Waals surface area contributed by atoms with Gasteiger partial charge in [0.2, 0.25) is 0 Å². The van der Waals surface area contributed by atoms with E-state index in [0.717, 1.165) is 25.9 Å². The molecule has 1 aromatic heterocycles. The van der Waals surface area contributed by atoms with Gasteiger partial charge >= 0.3 is 5.97 Å². The number of oxazole rings is 1. The molecule has 0 saturated carbocycles. The summed E-state index contributed by atoms with van der Waals surface area (Å²) in [6.45, 7) is 1.91. The molecule has 1 saturated heterocycles. The lowest BCUT2D eigenvalue weighted by Crippen LogP contribution is -2.23. The van der Waals surface area contributed by atoms with Gasteiger partial charge in [-0.25, -0.2) is 4.79 Å². The van der Waals surface area contributed by atoms with Crippen LogP contribution >= 0.6 is 0 Å². The summed E-state index contributed by atoms with van der Waals surface area (Å²) in [5, 5.41) is 8.96. The first-order chi connectivity index (χ1) is 9.24. The van der Waals surface area contributed by atoms with Crippen LogP contribution in [-0.2, 0) is 0 Å². The van der Waals surface area contributed by atoms with E-state index >= 15 is 0 Å². The monoisotopic (exact) mass is 260 g/mol. The standard InChI is InChI=1S/C14H16N2O3/c17-13(18)10-5-6-11-12(9-10)19-14(15-11)16-7-3-1-2-4-8-16/h5-6,9H,1-4,7-8H2,(H,17,18). The highest BCUT2D eigenvalue weighted by atomic mass is 16.4. The fraction of sp³-hybridized carbons (Fsp3) is 0.429. The Balaban J connectivity index is 1.94. The first-order valence-corrected chi connectivity index (χ1v) is 6.63. The second-order valence-corrected chi connectivity index (χ2v) is 4.89. The molecule has 0 bridgehead atoms. The summed E-state index contributed by atoms with van der Waals surface area (Å²) in [6.07, 6.45) is 4.80. The highest BCUT2D eigenvalue weighted by molar-refractivity contribution is 5.92. The number of nitrogens with zero attached hydrogens (tertiary/aromatic N) is 2. The minimum atomic E-state index is -0.949. The summed E-state index contributed by atoms with van der Waals surface area (Å²) in [4.78, 5) is 17.5. The van der Waals surface area contributed by atoms with Gasteiger partial charge in [-0.3, -0.25) is 0 Å². The predicted molar refractivity (Wildman–Crippen MR) is 71.6 cm³/mol. The molecule has 1 N–H and O–H groups in total. The van der Waals surface area contributed by atoms with Gasteiger partial charge in [0.1, 0.15) is 5.52 Å². The van der Waals surface area contributed by atoms with Crippen molar-refractivity contribution in [2.45, 2.75) is 25.7 Å². The molecule has 0 amide bonds. The van der Waals surface area contributed by atoms with Crippen molar-refractivity contribution in [1.29, 1.82) is 0 Å². The topological polar surface area (TPSA) is 66.6 Å². The molecule has 19 heavy (non-hydrogen) atoms. The smallest absolute Gasteiger partial charge is 0.335 e. The van der Waals surface area contributed by atoms with Crippen LogP contribution in [0.2, 0.25) is 0 Å². The van der Waals surface area contributed by atoms with E-state index in [1.165, 1.54) is 18.9 Å². The molecule has 100 valence electrons. The minimum Gasteiger partial charge on any atom is -0.478 e. The number of carboxylic acid groups (broad SMARTS) is 1. The van der Waals surface area contributed by atoms with E-state index in [9.17, 15) is 4.79 Å². The van der Waals surface area contributed by atoms with Crippen molar-refractivity contribution >= 4 is 23.1 Å². The molecular weight excluding hydrogens is 244 g/mol. The molecule has 1 aliphatic rings.